The molecule has 2 N–H and O–H groups in total. The van der Waals surface area contributed by atoms with Crippen molar-refractivity contribution in [2.75, 3.05) is 0 Å². The van der Waals surface area contributed by atoms with Gasteiger partial charge in [0, 0.05) is 0 Å². The van der Waals surface area contributed by atoms with Gasteiger partial charge >= 0.3 is 5.97 Å². The summed E-state index contributed by atoms with van der Waals surface area (Å²) in [6, 6.07) is 24.7. The Morgan fingerprint density at radius 1 is 0.828 bits per heavy atom. The Kier molecular flexibility index (Phi) is 5.14. The third-order valence-corrected chi connectivity index (χ3v) is 5.40. The zero-order chi connectivity index (χ0) is 20.3. The number of carboxylic acid groups (broad SMARTS) is 1. The van der Waals surface area contributed by atoms with E-state index in [2.05, 4.69) is 5.48 Å². The second-order valence-electron chi connectivity index (χ2n) is 7.26. The van der Waals surface area contributed by atoms with Gasteiger partial charge in [-0.3, -0.25) is 14.4 Å². The van der Waals surface area contributed by atoms with Crippen molar-refractivity contribution in [2.45, 2.75) is 19.4 Å². The highest BCUT2D eigenvalue weighted by molar-refractivity contribution is 6.03. The fourth-order valence-corrected chi connectivity index (χ4v) is 3.85. The van der Waals surface area contributed by atoms with E-state index < -0.39 is 17.3 Å². The Bertz CT molecular complexity index is 998. The molecule has 5 heteroatoms. The lowest BCUT2D eigenvalue weighted by atomic mass is 9.77. The van der Waals surface area contributed by atoms with Gasteiger partial charge in [-0.25, -0.2) is 5.48 Å². The van der Waals surface area contributed by atoms with Crippen LogP contribution in [-0.4, -0.2) is 17.0 Å². The van der Waals surface area contributed by atoms with Crippen LogP contribution in [0.25, 0.3) is 11.1 Å². The molecule has 0 spiro atoms. The van der Waals surface area contributed by atoms with Crippen LogP contribution in [0.5, 0.6) is 0 Å². The van der Waals surface area contributed by atoms with E-state index in [0.29, 0.717) is 0 Å². The van der Waals surface area contributed by atoms with Crippen molar-refractivity contribution < 1.29 is 19.5 Å². The van der Waals surface area contributed by atoms with Crippen molar-refractivity contribution in [1.29, 1.82) is 0 Å². The molecule has 3 aromatic rings. The van der Waals surface area contributed by atoms with Crippen molar-refractivity contribution >= 4 is 11.9 Å². The van der Waals surface area contributed by atoms with Crippen molar-refractivity contribution in [3.8, 4) is 11.1 Å². The lowest BCUT2D eigenvalue weighted by molar-refractivity contribution is -0.162. The summed E-state index contributed by atoms with van der Waals surface area (Å²) in [5.74, 6) is -1.81. The molecule has 0 unspecified atom stereocenters. The second kappa shape index (κ2) is 7.89. The maximum atomic E-state index is 13.1. The van der Waals surface area contributed by atoms with Gasteiger partial charge in [0.1, 0.15) is 0 Å². The maximum absolute atomic E-state index is 13.1. The van der Waals surface area contributed by atoms with Crippen LogP contribution in [0.15, 0.2) is 78.9 Å². The topological polar surface area (TPSA) is 75.6 Å². The normalized spacial score (nSPS) is 14.2. The van der Waals surface area contributed by atoms with Gasteiger partial charge in [-0.2, -0.15) is 0 Å². The molecular formula is C24H21NO4. The first-order valence-electron chi connectivity index (χ1n) is 9.46. The van der Waals surface area contributed by atoms with Gasteiger partial charge in [0.05, 0.1) is 6.61 Å². The van der Waals surface area contributed by atoms with Gasteiger partial charge in [0.2, 0.25) is 0 Å². The molecule has 0 saturated heterocycles. The first-order chi connectivity index (χ1) is 14.1. The minimum absolute atomic E-state index is 0.0910. The highest BCUT2D eigenvalue weighted by Crippen LogP contribution is 2.40. The van der Waals surface area contributed by atoms with E-state index in [0.717, 1.165) is 27.8 Å². The molecule has 0 radical (unpaired) electrons. The first kappa shape index (κ1) is 18.9. The minimum atomic E-state index is -1.65. The third-order valence-electron chi connectivity index (χ3n) is 5.40. The predicted octanol–water partition coefficient (Wildman–Crippen LogP) is 3.77. The van der Waals surface area contributed by atoms with Gasteiger partial charge < -0.3 is 5.11 Å². The highest BCUT2D eigenvalue weighted by Gasteiger charge is 2.48. The van der Waals surface area contributed by atoms with Crippen LogP contribution in [0.1, 0.15) is 16.7 Å². The second-order valence-corrected chi connectivity index (χ2v) is 7.26. The largest absolute Gasteiger partial charge is 0.480 e. The van der Waals surface area contributed by atoms with Crippen molar-refractivity contribution in [2.24, 2.45) is 5.41 Å². The number of hydrogen-bond donors (Lipinski definition) is 2. The van der Waals surface area contributed by atoms with Gasteiger partial charge in [0.25, 0.3) is 5.91 Å². The smallest absolute Gasteiger partial charge is 0.319 e. The monoisotopic (exact) mass is 387 g/mol. The number of hydroxylamine groups is 1. The van der Waals surface area contributed by atoms with E-state index in [9.17, 15) is 14.7 Å². The fourth-order valence-electron chi connectivity index (χ4n) is 3.85. The molecule has 1 aliphatic rings. The number of carboxylic acids is 1. The van der Waals surface area contributed by atoms with Gasteiger partial charge in [0.15, 0.2) is 5.41 Å². The van der Waals surface area contributed by atoms with Crippen LogP contribution < -0.4 is 5.48 Å². The molecule has 0 heterocycles. The number of nitrogens with one attached hydrogen (secondary N) is 1. The summed E-state index contributed by atoms with van der Waals surface area (Å²) in [7, 11) is 0. The zero-order valence-corrected chi connectivity index (χ0v) is 15.8. The Hall–Kier alpha value is -3.44. The number of benzene rings is 3. The fraction of sp³-hybridized carbons (Fsp3) is 0.167. The number of rotatable bonds is 5. The summed E-state index contributed by atoms with van der Waals surface area (Å²) >= 11 is 0. The summed E-state index contributed by atoms with van der Waals surface area (Å²) < 4.78 is 0. The van der Waals surface area contributed by atoms with Crippen LogP contribution in [0.3, 0.4) is 0 Å². The number of carbonyl (C=O) groups is 2. The van der Waals surface area contributed by atoms with Crippen LogP contribution >= 0.6 is 0 Å². The van der Waals surface area contributed by atoms with E-state index in [4.69, 9.17) is 4.84 Å². The minimum Gasteiger partial charge on any atom is -0.480 e. The van der Waals surface area contributed by atoms with E-state index in [1.165, 1.54) is 0 Å². The summed E-state index contributed by atoms with van der Waals surface area (Å²) in [5, 5.41) is 10.1. The molecule has 5 nitrogen and oxygen atoms in total. The average molecular weight is 387 g/mol. The van der Waals surface area contributed by atoms with Crippen molar-refractivity contribution in [1.82, 2.24) is 5.48 Å². The number of carbonyl (C=O) groups excluding carboxylic acids is 1. The SMILES string of the molecule is O=C(O)C1(C(=O)NOCc2ccccc2)Cc2ccccc2-c2ccccc2C1. The molecule has 0 aromatic heterocycles. The van der Waals surface area contributed by atoms with Crippen molar-refractivity contribution in [3.63, 3.8) is 0 Å². The Morgan fingerprint density at radius 2 is 1.34 bits per heavy atom. The summed E-state index contributed by atoms with van der Waals surface area (Å²) in [4.78, 5) is 30.9. The molecule has 3 aromatic carbocycles. The van der Waals surface area contributed by atoms with Crippen LogP contribution in [0.4, 0.5) is 0 Å². The summed E-state index contributed by atoms with van der Waals surface area (Å²) in [6.45, 7) is 0.162. The van der Waals surface area contributed by atoms with Crippen LogP contribution in [-0.2, 0) is 33.9 Å². The van der Waals surface area contributed by atoms with E-state index in [1.807, 2.05) is 78.9 Å². The van der Waals surface area contributed by atoms with Crippen molar-refractivity contribution in [3.05, 3.63) is 95.6 Å². The molecule has 0 fully saturated rings. The first-order valence-corrected chi connectivity index (χ1v) is 9.46. The number of amides is 1. The lowest BCUT2D eigenvalue weighted by Crippen LogP contribution is -2.49. The predicted molar refractivity (Wildman–Crippen MR) is 109 cm³/mol. The molecule has 0 atom stereocenters. The molecular weight excluding hydrogens is 366 g/mol. The average Bonchev–Trinajstić information content (AvgIpc) is 2.90. The molecule has 0 bridgehead atoms. The Labute approximate surface area is 168 Å². The van der Waals surface area contributed by atoms with E-state index >= 15 is 0 Å². The Morgan fingerprint density at radius 3 is 1.90 bits per heavy atom. The number of aliphatic carboxylic acids is 1. The molecule has 146 valence electrons. The molecule has 29 heavy (non-hydrogen) atoms. The van der Waals surface area contributed by atoms with Gasteiger partial charge in [-0.05, 0) is 40.7 Å². The lowest BCUT2D eigenvalue weighted by Gasteiger charge is -2.27. The molecule has 1 amide bonds. The zero-order valence-electron chi connectivity index (χ0n) is 15.8. The highest BCUT2D eigenvalue weighted by atomic mass is 16.7. The molecule has 4 rings (SSSR count). The van der Waals surface area contributed by atoms with Crippen LogP contribution in [0, 0.1) is 5.41 Å². The van der Waals surface area contributed by atoms with E-state index in [-0.39, 0.29) is 19.4 Å². The van der Waals surface area contributed by atoms with Gasteiger partial charge in [-0.15, -0.1) is 0 Å². The summed E-state index contributed by atoms with van der Waals surface area (Å²) in [5.41, 5.74) is 5.21. The standard InChI is InChI=1S/C24H21NO4/c26-22(25-29-16-17-8-2-1-3-9-17)24(23(27)28)14-18-10-4-6-12-20(18)21-13-7-5-11-19(21)15-24/h1-13H,14-16H2,(H,25,26)(H,27,28). The summed E-state index contributed by atoms with van der Waals surface area (Å²) in [6.07, 6.45) is 0.182. The molecule has 0 aliphatic heterocycles. The molecule has 0 saturated carbocycles. The van der Waals surface area contributed by atoms with Gasteiger partial charge in [-0.1, -0.05) is 78.9 Å². The molecule has 1 aliphatic carbocycles. The maximum Gasteiger partial charge on any atom is 0.319 e. The Balaban J connectivity index is 1.65. The quantitative estimate of drug-likeness (QED) is 0.516. The third kappa shape index (κ3) is 3.65. The number of fused-ring (bicyclic) bond motifs is 3. The number of hydrogen-bond acceptors (Lipinski definition) is 3. The van der Waals surface area contributed by atoms with Crippen LogP contribution in [0.2, 0.25) is 0 Å². The van der Waals surface area contributed by atoms with E-state index in [1.54, 1.807) is 0 Å².